The standard InChI is InChI=1S/C15H17FN2S/c16-14-2-1-3-15(13(14)8-17)18(12-4-5-12)9-11-6-7-19-10-11/h1-3,6-7,10,12H,4-5,8-9,17H2. The molecule has 0 bridgehead atoms. The maximum absolute atomic E-state index is 13.9. The van der Waals surface area contributed by atoms with E-state index in [0.717, 1.165) is 12.2 Å². The van der Waals surface area contributed by atoms with Crippen LogP contribution in [0.3, 0.4) is 0 Å². The van der Waals surface area contributed by atoms with Gasteiger partial charge in [-0.25, -0.2) is 4.39 Å². The molecule has 4 heteroatoms. The first-order valence-electron chi connectivity index (χ1n) is 6.54. The summed E-state index contributed by atoms with van der Waals surface area (Å²) in [6.45, 7) is 1.08. The van der Waals surface area contributed by atoms with Crippen LogP contribution < -0.4 is 10.6 Å². The average Bonchev–Trinajstić information content (AvgIpc) is 3.13. The van der Waals surface area contributed by atoms with E-state index in [1.165, 1.54) is 24.5 Å². The quantitative estimate of drug-likeness (QED) is 0.905. The fourth-order valence-corrected chi connectivity index (χ4v) is 3.05. The van der Waals surface area contributed by atoms with E-state index in [1.54, 1.807) is 17.4 Å². The Labute approximate surface area is 116 Å². The summed E-state index contributed by atoms with van der Waals surface area (Å²) in [5.74, 6) is -0.198. The molecule has 0 amide bonds. The molecule has 2 nitrogen and oxygen atoms in total. The second kappa shape index (κ2) is 5.31. The van der Waals surface area contributed by atoms with E-state index in [0.29, 0.717) is 11.6 Å². The predicted octanol–water partition coefficient (Wildman–Crippen LogP) is 3.51. The summed E-state index contributed by atoms with van der Waals surface area (Å²) in [5, 5.41) is 4.23. The van der Waals surface area contributed by atoms with Crippen molar-refractivity contribution in [2.45, 2.75) is 32.0 Å². The number of nitrogens with two attached hydrogens (primary N) is 1. The third kappa shape index (κ3) is 2.65. The van der Waals surface area contributed by atoms with Gasteiger partial charge in [0.2, 0.25) is 0 Å². The highest BCUT2D eigenvalue weighted by Crippen LogP contribution is 2.35. The van der Waals surface area contributed by atoms with Gasteiger partial charge in [0.25, 0.3) is 0 Å². The van der Waals surface area contributed by atoms with Crippen LogP contribution in [0.1, 0.15) is 24.0 Å². The lowest BCUT2D eigenvalue weighted by atomic mass is 10.1. The molecule has 0 unspecified atom stereocenters. The van der Waals surface area contributed by atoms with Crippen molar-refractivity contribution >= 4 is 17.0 Å². The zero-order valence-corrected chi connectivity index (χ0v) is 11.5. The number of hydrogen-bond acceptors (Lipinski definition) is 3. The topological polar surface area (TPSA) is 29.3 Å². The van der Waals surface area contributed by atoms with E-state index in [2.05, 4.69) is 21.7 Å². The fourth-order valence-electron chi connectivity index (χ4n) is 2.39. The van der Waals surface area contributed by atoms with Gasteiger partial charge in [0.1, 0.15) is 5.82 Å². The van der Waals surface area contributed by atoms with Gasteiger partial charge in [0.05, 0.1) is 0 Å². The molecule has 1 aromatic heterocycles. The van der Waals surface area contributed by atoms with Gasteiger partial charge in [-0.2, -0.15) is 11.3 Å². The highest BCUT2D eigenvalue weighted by Gasteiger charge is 2.30. The highest BCUT2D eigenvalue weighted by atomic mass is 32.1. The third-order valence-electron chi connectivity index (χ3n) is 3.53. The number of benzene rings is 1. The van der Waals surface area contributed by atoms with Crippen LogP contribution >= 0.6 is 11.3 Å². The normalized spacial score (nSPS) is 14.6. The number of thiophene rings is 1. The number of rotatable bonds is 5. The molecule has 2 N–H and O–H groups in total. The largest absolute Gasteiger partial charge is 0.364 e. The van der Waals surface area contributed by atoms with Crippen LogP contribution in [-0.4, -0.2) is 6.04 Å². The minimum atomic E-state index is -0.198. The molecule has 3 rings (SSSR count). The van der Waals surface area contributed by atoms with Crippen LogP contribution in [0.15, 0.2) is 35.0 Å². The Kier molecular flexibility index (Phi) is 3.53. The van der Waals surface area contributed by atoms with Gasteiger partial charge in [-0.1, -0.05) is 6.07 Å². The second-order valence-corrected chi connectivity index (χ2v) is 5.71. The summed E-state index contributed by atoms with van der Waals surface area (Å²) in [7, 11) is 0. The van der Waals surface area contributed by atoms with Crippen LogP contribution in [0.4, 0.5) is 10.1 Å². The monoisotopic (exact) mass is 276 g/mol. The Morgan fingerprint density at radius 3 is 2.79 bits per heavy atom. The Hall–Kier alpha value is -1.39. The molecular weight excluding hydrogens is 259 g/mol. The molecule has 1 heterocycles. The van der Waals surface area contributed by atoms with E-state index in [1.807, 2.05) is 6.07 Å². The lowest BCUT2D eigenvalue weighted by Crippen LogP contribution is -2.26. The minimum absolute atomic E-state index is 0.198. The van der Waals surface area contributed by atoms with Gasteiger partial charge in [0, 0.05) is 30.4 Å². The smallest absolute Gasteiger partial charge is 0.129 e. The SMILES string of the molecule is NCc1c(F)cccc1N(Cc1ccsc1)C1CC1. The van der Waals surface area contributed by atoms with E-state index in [9.17, 15) is 4.39 Å². The molecule has 1 fully saturated rings. The Bertz CT molecular complexity index is 549. The minimum Gasteiger partial charge on any atom is -0.364 e. The average molecular weight is 276 g/mol. The Balaban J connectivity index is 1.94. The van der Waals surface area contributed by atoms with Crippen LogP contribution in [0.25, 0.3) is 0 Å². The van der Waals surface area contributed by atoms with Crippen molar-refractivity contribution in [1.29, 1.82) is 0 Å². The van der Waals surface area contributed by atoms with Gasteiger partial charge < -0.3 is 10.6 Å². The number of hydrogen-bond donors (Lipinski definition) is 1. The van der Waals surface area contributed by atoms with Crippen LogP contribution in [0.2, 0.25) is 0 Å². The van der Waals surface area contributed by atoms with Crippen molar-refractivity contribution in [2.24, 2.45) is 5.73 Å². The first-order valence-corrected chi connectivity index (χ1v) is 7.49. The van der Waals surface area contributed by atoms with Crippen molar-refractivity contribution in [1.82, 2.24) is 0 Å². The number of halogens is 1. The van der Waals surface area contributed by atoms with Gasteiger partial charge in [-0.05, 0) is 47.4 Å². The summed E-state index contributed by atoms with van der Waals surface area (Å²) < 4.78 is 13.9. The molecular formula is C15H17FN2S. The molecule has 0 atom stereocenters. The van der Waals surface area contributed by atoms with E-state index >= 15 is 0 Å². The molecule has 0 spiro atoms. The predicted molar refractivity (Wildman–Crippen MR) is 77.8 cm³/mol. The Morgan fingerprint density at radius 2 is 2.16 bits per heavy atom. The third-order valence-corrected chi connectivity index (χ3v) is 4.26. The maximum atomic E-state index is 13.9. The first kappa shape index (κ1) is 12.6. The van der Waals surface area contributed by atoms with Gasteiger partial charge in [0.15, 0.2) is 0 Å². The molecule has 1 saturated carbocycles. The summed E-state index contributed by atoms with van der Waals surface area (Å²) in [6.07, 6.45) is 2.37. The second-order valence-electron chi connectivity index (χ2n) is 4.93. The molecule has 0 aliphatic heterocycles. The van der Waals surface area contributed by atoms with Crippen molar-refractivity contribution in [3.63, 3.8) is 0 Å². The van der Waals surface area contributed by atoms with E-state index in [-0.39, 0.29) is 12.4 Å². The number of nitrogens with zero attached hydrogens (tertiary/aromatic N) is 1. The van der Waals surface area contributed by atoms with Gasteiger partial charge in [-0.3, -0.25) is 0 Å². The lowest BCUT2D eigenvalue weighted by Gasteiger charge is -2.27. The molecule has 0 radical (unpaired) electrons. The number of anilines is 1. The lowest BCUT2D eigenvalue weighted by molar-refractivity contribution is 0.608. The zero-order valence-electron chi connectivity index (χ0n) is 10.7. The van der Waals surface area contributed by atoms with Crippen LogP contribution in [-0.2, 0) is 13.1 Å². The van der Waals surface area contributed by atoms with Gasteiger partial charge in [-0.15, -0.1) is 0 Å². The summed E-state index contributed by atoms with van der Waals surface area (Å²) in [4.78, 5) is 2.30. The molecule has 0 saturated heterocycles. The van der Waals surface area contributed by atoms with Crippen LogP contribution in [0, 0.1) is 5.82 Å². The molecule has 1 aliphatic carbocycles. The molecule has 1 aliphatic rings. The Morgan fingerprint density at radius 1 is 1.32 bits per heavy atom. The maximum Gasteiger partial charge on any atom is 0.129 e. The van der Waals surface area contributed by atoms with Crippen molar-refractivity contribution in [2.75, 3.05) is 4.90 Å². The van der Waals surface area contributed by atoms with Crippen molar-refractivity contribution in [3.8, 4) is 0 Å². The molecule has 1 aromatic carbocycles. The van der Waals surface area contributed by atoms with Crippen LogP contribution in [0.5, 0.6) is 0 Å². The zero-order chi connectivity index (χ0) is 13.2. The fraction of sp³-hybridized carbons (Fsp3) is 0.333. The molecule has 100 valence electrons. The van der Waals surface area contributed by atoms with Gasteiger partial charge >= 0.3 is 0 Å². The molecule has 19 heavy (non-hydrogen) atoms. The van der Waals surface area contributed by atoms with Crippen molar-refractivity contribution in [3.05, 3.63) is 52.0 Å². The molecule has 2 aromatic rings. The van der Waals surface area contributed by atoms with Crippen molar-refractivity contribution < 1.29 is 4.39 Å². The summed E-state index contributed by atoms with van der Waals surface area (Å²) in [5.41, 5.74) is 8.58. The first-order chi connectivity index (χ1) is 9.29. The summed E-state index contributed by atoms with van der Waals surface area (Å²) >= 11 is 1.70. The van der Waals surface area contributed by atoms with E-state index in [4.69, 9.17) is 5.73 Å². The highest BCUT2D eigenvalue weighted by molar-refractivity contribution is 7.07. The summed E-state index contributed by atoms with van der Waals surface area (Å²) in [6, 6.07) is 7.90. The van der Waals surface area contributed by atoms with E-state index < -0.39 is 0 Å².